The van der Waals surface area contributed by atoms with Gasteiger partial charge in [0.2, 0.25) is 11.8 Å². The summed E-state index contributed by atoms with van der Waals surface area (Å²) in [5.74, 6) is -0.535. The molecule has 1 saturated carbocycles. The minimum Gasteiger partial charge on any atom is -0.494 e. The predicted octanol–water partition coefficient (Wildman–Crippen LogP) is 6.61. The Balaban J connectivity index is 0.887. The van der Waals surface area contributed by atoms with Crippen LogP contribution >= 0.6 is 11.6 Å². The molecule has 0 radical (unpaired) electrons. The predicted molar refractivity (Wildman–Crippen MR) is 206 cm³/mol. The highest BCUT2D eigenvalue weighted by molar-refractivity contribution is 6.31. The van der Waals surface area contributed by atoms with Crippen molar-refractivity contribution in [1.82, 2.24) is 34.1 Å². The number of hydrogen-bond donors (Lipinski definition) is 2. The average molecular weight is 807 g/mol. The highest BCUT2D eigenvalue weighted by Gasteiger charge is 2.35. The lowest BCUT2D eigenvalue weighted by Crippen LogP contribution is -2.44. The molecular formula is C40H42ClF3N8O5. The van der Waals surface area contributed by atoms with Crippen molar-refractivity contribution in [3.63, 3.8) is 0 Å². The molecule has 17 heteroatoms. The van der Waals surface area contributed by atoms with Gasteiger partial charge < -0.3 is 15.0 Å². The molecular weight excluding hydrogens is 765 g/mol. The van der Waals surface area contributed by atoms with Crippen LogP contribution in [0.3, 0.4) is 0 Å². The number of aryl methyl sites for hydroxylation is 1. The first-order valence-corrected chi connectivity index (χ1v) is 19.5. The summed E-state index contributed by atoms with van der Waals surface area (Å²) in [7, 11) is 3.17. The van der Waals surface area contributed by atoms with E-state index in [2.05, 4.69) is 20.5 Å². The second-order valence-corrected chi connectivity index (χ2v) is 15.8. The zero-order chi connectivity index (χ0) is 40.2. The number of benzene rings is 2. The molecule has 300 valence electrons. The van der Waals surface area contributed by atoms with E-state index in [4.69, 9.17) is 21.4 Å². The third kappa shape index (κ3) is 7.64. The quantitative estimate of drug-likeness (QED) is 0.167. The molecule has 1 atom stereocenters. The Kier molecular flexibility index (Phi) is 10.4. The number of amides is 3. The second kappa shape index (κ2) is 15.3. The molecule has 0 bridgehead atoms. The van der Waals surface area contributed by atoms with Crippen LogP contribution in [0.15, 0.2) is 53.5 Å². The van der Waals surface area contributed by atoms with Gasteiger partial charge in [-0.05, 0) is 106 Å². The fourth-order valence-electron chi connectivity index (χ4n) is 8.87. The average Bonchev–Trinajstić information content (AvgIpc) is 3.71. The summed E-state index contributed by atoms with van der Waals surface area (Å²) >= 11 is 6.64. The van der Waals surface area contributed by atoms with Gasteiger partial charge in [0.05, 0.1) is 35.4 Å². The minimum absolute atomic E-state index is 0.170. The highest BCUT2D eigenvalue weighted by Crippen LogP contribution is 2.39. The van der Waals surface area contributed by atoms with Gasteiger partial charge in [-0.1, -0.05) is 17.7 Å². The van der Waals surface area contributed by atoms with E-state index < -0.39 is 29.7 Å². The van der Waals surface area contributed by atoms with Crippen LogP contribution in [-0.4, -0.2) is 73.3 Å². The summed E-state index contributed by atoms with van der Waals surface area (Å²) in [6.07, 6.45) is 3.50. The maximum absolute atomic E-state index is 13.5. The summed E-state index contributed by atoms with van der Waals surface area (Å²) in [6, 6.07) is 9.71. The number of likely N-dealkylation sites (tertiary alicyclic amines) is 1. The number of nitrogens with zero attached hydrogens (tertiary/aromatic N) is 6. The number of methoxy groups -OCH3 is 1. The zero-order valence-corrected chi connectivity index (χ0v) is 32.2. The van der Waals surface area contributed by atoms with Crippen LogP contribution in [0.25, 0.3) is 21.9 Å². The van der Waals surface area contributed by atoms with Gasteiger partial charge in [0.15, 0.2) is 0 Å². The fraction of sp³-hybridized carbons (Fsp3) is 0.450. The van der Waals surface area contributed by atoms with Gasteiger partial charge in [0.25, 0.3) is 5.91 Å². The molecule has 1 unspecified atom stereocenters. The third-order valence-electron chi connectivity index (χ3n) is 11.8. The molecule has 3 amide bonds. The lowest BCUT2D eigenvalue weighted by Gasteiger charge is -2.37. The fourth-order valence-corrected chi connectivity index (χ4v) is 9.09. The van der Waals surface area contributed by atoms with Crippen LogP contribution in [0, 0.1) is 5.92 Å². The van der Waals surface area contributed by atoms with Crippen LogP contribution in [0.4, 0.5) is 18.9 Å². The largest absolute Gasteiger partial charge is 0.494 e. The Morgan fingerprint density at radius 1 is 1.02 bits per heavy atom. The minimum atomic E-state index is -4.67. The Morgan fingerprint density at radius 2 is 1.77 bits per heavy atom. The number of anilines is 1. The zero-order valence-electron chi connectivity index (χ0n) is 31.4. The molecule has 2 saturated heterocycles. The summed E-state index contributed by atoms with van der Waals surface area (Å²) in [5.41, 5.74) is 1.57. The van der Waals surface area contributed by atoms with Gasteiger partial charge >= 0.3 is 11.9 Å². The Labute approximate surface area is 330 Å². The number of hydrogen-bond acceptors (Lipinski definition) is 8. The van der Waals surface area contributed by atoms with Crippen molar-refractivity contribution in [3.8, 4) is 5.75 Å². The lowest BCUT2D eigenvalue weighted by molar-refractivity contribution is -0.141. The number of nitrogens with one attached hydrogen (secondary N) is 2. The summed E-state index contributed by atoms with van der Waals surface area (Å²) in [6.45, 7) is 2.82. The number of ether oxygens (including phenoxy) is 1. The molecule has 2 aromatic carbocycles. The maximum atomic E-state index is 13.5. The molecule has 3 aromatic heterocycles. The molecule has 5 aromatic rings. The number of piperidine rings is 2. The van der Waals surface area contributed by atoms with Crippen LogP contribution in [0.2, 0.25) is 5.02 Å². The van der Waals surface area contributed by atoms with Gasteiger partial charge in [0, 0.05) is 42.7 Å². The van der Waals surface area contributed by atoms with Gasteiger partial charge in [0.1, 0.15) is 23.2 Å². The number of alkyl halides is 3. The van der Waals surface area contributed by atoms with E-state index in [1.807, 2.05) is 16.9 Å². The lowest BCUT2D eigenvalue weighted by atomic mass is 9.84. The normalized spacial score (nSPS) is 21.3. The van der Waals surface area contributed by atoms with Gasteiger partial charge in [-0.3, -0.25) is 33.5 Å². The van der Waals surface area contributed by atoms with E-state index in [9.17, 15) is 32.3 Å². The van der Waals surface area contributed by atoms with E-state index >= 15 is 0 Å². The van der Waals surface area contributed by atoms with E-state index in [1.54, 1.807) is 29.8 Å². The number of carbonyl (C=O) groups is 3. The summed E-state index contributed by atoms with van der Waals surface area (Å²) in [4.78, 5) is 57.0. The first kappa shape index (κ1) is 38.6. The van der Waals surface area contributed by atoms with E-state index in [0.29, 0.717) is 33.4 Å². The number of pyridine rings is 1. The second-order valence-electron chi connectivity index (χ2n) is 15.4. The van der Waals surface area contributed by atoms with E-state index in [1.165, 1.54) is 17.7 Å². The number of imidazole rings is 1. The van der Waals surface area contributed by atoms with Crippen LogP contribution in [-0.2, 0) is 22.8 Å². The topological polar surface area (TPSA) is 145 Å². The number of rotatable bonds is 8. The highest BCUT2D eigenvalue weighted by atomic mass is 35.5. The smallest absolute Gasteiger partial charge is 0.433 e. The van der Waals surface area contributed by atoms with E-state index in [0.717, 1.165) is 86.8 Å². The van der Waals surface area contributed by atoms with Crippen molar-refractivity contribution in [3.05, 3.63) is 81.1 Å². The Hall–Kier alpha value is -5.22. The molecule has 0 spiro atoms. The van der Waals surface area contributed by atoms with Crippen molar-refractivity contribution in [2.24, 2.45) is 13.0 Å². The third-order valence-corrected chi connectivity index (χ3v) is 12.0. The number of halogens is 4. The number of carbonyl (C=O) groups excluding carboxylic acids is 3. The molecule has 13 nitrogen and oxygen atoms in total. The SMILES string of the molecule is COc1cc2nn([C@H]3CC[C@H](CN4CCC(c5cc(Cl)cc6c5n(C)c(=O)n6C5CCC(=O)NC5=O)CC4)CC3)cc2cc1NC(=O)c1cccc(C(F)(F)F)n1. The van der Waals surface area contributed by atoms with E-state index in [-0.39, 0.29) is 42.1 Å². The summed E-state index contributed by atoms with van der Waals surface area (Å²) < 4.78 is 50.1. The number of imide groups is 1. The molecule has 8 rings (SSSR count). The molecule has 57 heavy (non-hydrogen) atoms. The van der Waals surface area contributed by atoms with Crippen molar-refractivity contribution in [2.75, 3.05) is 32.1 Å². The Bertz CT molecular complexity index is 2440. The summed E-state index contributed by atoms with van der Waals surface area (Å²) in [5, 5.41) is 11.1. The molecule has 3 fully saturated rings. The number of fused-ring (bicyclic) bond motifs is 2. The van der Waals surface area contributed by atoms with Gasteiger partial charge in [-0.25, -0.2) is 9.78 Å². The van der Waals surface area contributed by atoms with Crippen molar-refractivity contribution in [2.45, 2.75) is 75.5 Å². The first-order chi connectivity index (χ1) is 27.3. The van der Waals surface area contributed by atoms with Gasteiger partial charge in [-0.2, -0.15) is 18.3 Å². The first-order valence-electron chi connectivity index (χ1n) is 19.2. The maximum Gasteiger partial charge on any atom is 0.433 e. The van der Waals surface area contributed by atoms with Crippen LogP contribution in [0.1, 0.15) is 91.1 Å². The molecule has 2 N–H and O–H groups in total. The molecule has 3 aliphatic rings. The molecule has 2 aliphatic heterocycles. The number of aromatic nitrogens is 5. The molecule has 5 heterocycles. The standard InChI is InChI=1S/C40H42ClF3N8O5/c1-49-36-27(17-25(41)18-32(36)52(39(49)56)31-10-11-35(53)47-38(31)55)23-12-14-50(15-13-23)20-22-6-8-26(9-7-22)51-21-24-16-30(33(57-2)19-29(24)48-51)46-37(54)28-4-3-5-34(45-28)40(42,43)44/h3-5,16-19,21-23,26,31H,6-15,20H2,1-2H3,(H,46,54)(H,47,53,55)/t22-,26-,31?. The van der Waals surface area contributed by atoms with Crippen molar-refractivity contribution < 1.29 is 32.3 Å². The van der Waals surface area contributed by atoms with Crippen molar-refractivity contribution >= 4 is 56.9 Å². The van der Waals surface area contributed by atoms with Gasteiger partial charge in [-0.15, -0.1) is 0 Å². The van der Waals surface area contributed by atoms with Crippen molar-refractivity contribution in [1.29, 1.82) is 0 Å². The Morgan fingerprint density at radius 3 is 2.47 bits per heavy atom. The van der Waals surface area contributed by atoms with Crippen LogP contribution in [0.5, 0.6) is 5.75 Å². The molecule has 1 aliphatic carbocycles. The monoisotopic (exact) mass is 806 g/mol. The van der Waals surface area contributed by atoms with Crippen LogP contribution < -0.4 is 21.1 Å².